The van der Waals surface area contributed by atoms with E-state index in [0.29, 0.717) is 6.54 Å². The maximum atomic E-state index is 11.8. The molecule has 0 aromatic heterocycles. The van der Waals surface area contributed by atoms with Crippen LogP contribution in [-0.2, 0) is 4.79 Å². The van der Waals surface area contributed by atoms with Crippen LogP contribution in [0.1, 0.15) is 31.2 Å². The predicted octanol–water partition coefficient (Wildman–Crippen LogP) is 3.33. The van der Waals surface area contributed by atoms with E-state index in [1.165, 1.54) is 18.4 Å². The number of ether oxygens (including phenoxy) is 1. The lowest BCUT2D eigenvalue weighted by Crippen LogP contribution is -2.24. The van der Waals surface area contributed by atoms with E-state index in [-0.39, 0.29) is 5.91 Å². The molecular formula is C17H21NO2. The lowest BCUT2D eigenvalue weighted by molar-refractivity contribution is -0.116. The summed E-state index contributed by atoms with van der Waals surface area (Å²) in [6.45, 7) is 0.662. The Kier molecular flexibility index (Phi) is 5.42. The van der Waals surface area contributed by atoms with Gasteiger partial charge in [-0.25, -0.2) is 0 Å². The zero-order valence-corrected chi connectivity index (χ0v) is 11.9. The Labute approximate surface area is 120 Å². The summed E-state index contributed by atoms with van der Waals surface area (Å²) < 4.78 is 5.24. The maximum absolute atomic E-state index is 11.8. The van der Waals surface area contributed by atoms with Crippen molar-refractivity contribution < 1.29 is 9.53 Å². The summed E-state index contributed by atoms with van der Waals surface area (Å²) in [7, 11) is 1.63. The summed E-state index contributed by atoms with van der Waals surface area (Å²) in [4.78, 5) is 11.8. The zero-order chi connectivity index (χ0) is 14.2. The lowest BCUT2D eigenvalue weighted by Gasteiger charge is -2.12. The quantitative estimate of drug-likeness (QED) is 0.659. The van der Waals surface area contributed by atoms with E-state index >= 15 is 0 Å². The summed E-state index contributed by atoms with van der Waals surface area (Å²) in [6, 6.07) is 7.63. The highest BCUT2D eigenvalue weighted by atomic mass is 16.5. The number of rotatable bonds is 5. The fraction of sp³-hybridized carbons (Fsp3) is 0.353. The van der Waals surface area contributed by atoms with Gasteiger partial charge in [-0.05, 0) is 37.8 Å². The second kappa shape index (κ2) is 7.53. The Morgan fingerprint density at radius 3 is 2.95 bits per heavy atom. The fourth-order valence-corrected chi connectivity index (χ4v) is 2.29. The van der Waals surface area contributed by atoms with Gasteiger partial charge in [0.25, 0.3) is 0 Å². The van der Waals surface area contributed by atoms with Crippen LogP contribution in [0.3, 0.4) is 0 Å². The first-order valence-corrected chi connectivity index (χ1v) is 7.06. The van der Waals surface area contributed by atoms with Crippen molar-refractivity contribution in [1.82, 2.24) is 5.32 Å². The Morgan fingerprint density at radius 1 is 1.35 bits per heavy atom. The van der Waals surface area contributed by atoms with Crippen molar-refractivity contribution in [3.8, 4) is 5.75 Å². The van der Waals surface area contributed by atoms with Crippen LogP contribution >= 0.6 is 0 Å². The second-order valence-corrected chi connectivity index (χ2v) is 4.90. The molecule has 0 bridgehead atoms. The van der Waals surface area contributed by atoms with Gasteiger partial charge in [0.05, 0.1) is 7.11 Å². The molecule has 1 N–H and O–H groups in total. The van der Waals surface area contributed by atoms with Crippen LogP contribution in [0.5, 0.6) is 5.75 Å². The van der Waals surface area contributed by atoms with Crippen LogP contribution in [0, 0.1) is 0 Å². The molecule has 3 heteroatoms. The molecule has 1 aliphatic carbocycles. The van der Waals surface area contributed by atoms with Crippen molar-refractivity contribution in [2.45, 2.75) is 25.7 Å². The van der Waals surface area contributed by atoms with Gasteiger partial charge < -0.3 is 10.1 Å². The summed E-state index contributed by atoms with van der Waals surface area (Å²) in [5.41, 5.74) is 2.25. The normalized spacial score (nSPS) is 14.9. The Hall–Kier alpha value is -2.03. The minimum atomic E-state index is -0.0672. The van der Waals surface area contributed by atoms with Crippen LogP contribution in [0.4, 0.5) is 0 Å². The Balaban J connectivity index is 1.87. The number of carbonyl (C=O) groups excluding carboxylic acids is 1. The van der Waals surface area contributed by atoms with Crippen molar-refractivity contribution in [1.29, 1.82) is 0 Å². The third-order valence-corrected chi connectivity index (χ3v) is 3.43. The number of methoxy groups -OCH3 is 1. The van der Waals surface area contributed by atoms with Crippen molar-refractivity contribution in [2.24, 2.45) is 0 Å². The van der Waals surface area contributed by atoms with Gasteiger partial charge in [0.2, 0.25) is 5.91 Å². The summed E-state index contributed by atoms with van der Waals surface area (Å²) in [6.07, 6.45) is 10.3. The molecular weight excluding hydrogens is 250 g/mol. The molecule has 0 spiro atoms. The van der Waals surface area contributed by atoms with Crippen LogP contribution < -0.4 is 10.1 Å². The van der Waals surface area contributed by atoms with E-state index in [2.05, 4.69) is 11.4 Å². The Bertz CT molecular complexity index is 517. The van der Waals surface area contributed by atoms with Gasteiger partial charge in [-0.15, -0.1) is 0 Å². The van der Waals surface area contributed by atoms with Gasteiger partial charge in [0.15, 0.2) is 0 Å². The topological polar surface area (TPSA) is 38.3 Å². The van der Waals surface area contributed by atoms with Crippen LogP contribution in [-0.4, -0.2) is 19.6 Å². The van der Waals surface area contributed by atoms with Crippen molar-refractivity contribution in [2.75, 3.05) is 13.7 Å². The molecule has 1 aromatic carbocycles. The monoisotopic (exact) mass is 271 g/mol. The van der Waals surface area contributed by atoms with Gasteiger partial charge in [-0.1, -0.05) is 29.8 Å². The standard InChI is InChI=1S/C17H21NO2/c1-20-16-10-6-5-9-15(16)11-12-17(19)18-13-14-7-3-2-4-8-14/h5-7,9-12H,2-4,8,13H2,1H3,(H,18,19)/b12-11+. The highest BCUT2D eigenvalue weighted by Crippen LogP contribution is 2.18. The van der Waals surface area contributed by atoms with Crippen LogP contribution in [0.2, 0.25) is 0 Å². The van der Waals surface area contributed by atoms with Crippen LogP contribution in [0.15, 0.2) is 42.0 Å². The first-order valence-electron chi connectivity index (χ1n) is 7.06. The number of carbonyl (C=O) groups is 1. The van der Waals surface area contributed by atoms with E-state index in [1.807, 2.05) is 24.3 Å². The number of allylic oxidation sites excluding steroid dienone is 1. The molecule has 20 heavy (non-hydrogen) atoms. The van der Waals surface area contributed by atoms with Crippen molar-refractivity contribution in [3.63, 3.8) is 0 Å². The fourth-order valence-electron chi connectivity index (χ4n) is 2.29. The average Bonchev–Trinajstić information content (AvgIpc) is 2.52. The molecule has 0 heterocycles. The van der Waals surface area contributed by atoms with Gasteiger partial charge in [-0.3, -0.25) is 4.79 Å². The second-order valence-electron chi connectivity index (χ2n) is 4.90. The van der Waals surface area contributed by atoms with Gasteiger partial charge in [0.1, 0.15) is 5.75 Å². The summed E-state index contributed by atoms with van der Waals surface area (Å²) in [5, 5.41) is 2.93. The number of hydrogen-bond acceptors (Lipinski definition) is 2. The highest BCUT2D eigenvalue weighted by molar-refractivity contribution is 5.92. The van der Waals surface area contributed by atoms with E-state index in [9.17, 15) is 4.79 Å². The molecule has 0 saturated carbocycles. The predicted molar refractivity (Wildman–Crippen MR) is 81.6 cm³/mol. The van der Waals surface area contributed by atoms with Gasteiger partial charge in [0, 0.05) is 18.2 Å². The van der Waals surface area contributed by atoms with Crippen molar-refractivity contribution >= 4 is 12.0 Å². The SMILES string of the molecule is COc1ccccc1/C=C/C(=O)NCC1=CCCCC1. The van der Waals surface area contributed by atoms with E-state index < -0.39 is 0 Å². The van der Waals surface area contributed by atoms with Gasteiger partial charge >= 0.3 is 0 Å². The largest absolute Gasteiger partial charge is 0.496 e. The minimum Gasteiger partial charge on any atom is -0.496 e. The van der Waals surface area contributed by atoms with E-state index in [4.69, 9.17) is 4.74 Å². The van der Waals surface area contributed by atoms with Gasteiger partial charge in [-0.2, -0.15) is 0 Å². The number of para-hydroxylation sites is 1. The molecule has 0 fully saturated rings. The summed E-state index contributed by atoms with van der Waals surface area (Å²) >= 11 is 0. The molecule has 1 aromatic rings. The van der Waals surface area contributed by atoms with Crippen molar-refractivity contribution in [3.05, 3.63) is 47.6 Å². The third-order valence-electron chi connectivity index (χ3n) is 3.43. The molecule has 0 atom stereocenters. The first-order chi connectivity index (χ1) is 9.79. The van der Waals surface area contributed by atoms with E-state index in [1.54, 1.807) is 19.3 Å². The number of nitrogens with one attached hydrogen (secondary N) is 1. The molecule has 1 aliphatic rings. The Morgan fingerprint density at radius 2 is 2.20 bits per heavy atom. The highest BCUT2D eigenvalue weighted by Gasteiger charge is 2.04. The molecule has 1 amide bonds. The number of amides is 1. The third kappa shape index (κ3) is 4.26. The molecule has 0 aliphatic heterocycles. The zero-order valence-electron chi connectivity index (χ0n) is 11.9. The average molecular weight is 271 g/mol. The number of benzene rings is 1. The number of hydrogen-bond donors (Lipinski definition) is 1. The molecule has 3 nitrogen and oxygen atoms in total. The minimum absolute atomic E-state index is 0.0672. The first kappa shape index (κ1) is 14.4. The van der Waals surface area contributed by atoms with Crippen LogP contribution in [0.25, 0.3) is 6.08 Å². The molecule has 106 valence electrons. The maximum Gasteiger partial charge on any atom is 0.244 e. The molecule has 0 unspecified atom stereocenters. The molecule has 0 radical (unpaired) electrons. The molecule has 2 rings (SSSR count). The van der Waals surface area contributed by atoms with E-state index in [0.717, 1.165) is 24.2 Å². The lowest BCUT2D eigenvalue weighted by atomic mass is 10.00. The summed E-state index contributed by atoms with van der Waals surface area (Å²) in [5.74, 6) is 0.703. The molecule has 0 saturated heterocycles. The smallest absolute Gasteiger partial charge is 0.244 e.